The van der Waals surface area contributed by atoms with Crippen molar-refractivity contribution in [2.45, 2.75) is 19.1 Å². The first-order chi connectivity index (χ1) is 8.95. The van der Waals surface area contributed by atoms with Crippen LogP contribution in [0.1, 0.15) is 12.0 Å². The molecule has 106 valence electrons. The second-order valence-electron chi connectivity index (χ2n) is 4.44. The predicted molar refractivity (Wildman–Crippen MR) is 73.6 cm³/mol. The largest absolute Gasteiger partial charge is 0.493 e. The van der Waals surface area contributed by atoms with Gasteiger partial charge in [0, 0.05) is 23.2 Å². The van der Waals surface area contributed by atoms with Crippen molar-refractivity contribution in [3.05, 3.63) is 22.7 Å². The third-order valence-corrected chi connectivity index (χ3v) is 4.97. The van der Waals surface area contributed by atoms with Crippen molar-refractivity contribution in [1.82, 2.24) is 0 Å². The van der Waals surface area contributed by atoms with Crippen LogP contribution < -0.4 is 15.2 Å². The summed E-state index contributed by atoms with van der Waals surface area (Å²) < 4.78 is 33.9. The molecular weight excluding hydrogens is 290 g/mol. The normalized spacial score (nSPS) is 21.3. The van der Waals surface area contributed by atoms with Gasteiger partial charge in [-0.1, -0.05) is 11.6 Å². The zero-order chi connectivity index (χ0) is 14.0. The number of hydrogen-bond donors (Lipinski definition) is 1. The third kappa shape index (κ3) is 3.32. The summed E-state index contributed by atoms with van der Waals surface area (Å²) in [6, 6.07) is 3.32. The molecular formula is C12H16ClNO4S. The molecule has 1 heterocycles. The highest BCUT2D eigenvalue weighted by atomic mass is 35.5. The molecule has 1 aliphatic rings. The quantitative estimate of drug-likeness (QED) is 0.909. The first kappa shape index (κ1) is 14.4. The Morgan fingerprint density at radius 2 is 2.21 bits per heavy atom. The van der Waals surface area contributed by atoms with E-state index in [0.717, 1.165) is 0 Å². The zero-order valence-electron chi connectivity index (χ0n) is 10.6. The maximum Gasteiger partial charge on any atom is 0.166 e. The van der Waals surface area contributed by atoms with Gasteiger partial charge in [0.15, 0.2) is 21.3 Å². The van der Waals surface area contributed by atoms with Gasteiger partial charge in [-0.3, -0.25) is 0 Å². The summed E-state index contributed by atoms with van der Waals surface area (Å²) in [5.41, 5.74) is 6.36. The van der Waals surface area contributed by atoms with E-state index in [1.807, 2.05) is 0 Å². The van der Waals surface area contributed by atoms with Crippen LogP contribution in [0.25, 0.3) is 0 Å². The van der Waals surface area contributed by atoms with Crippen molar-refractivity contribution in [1.29, 1.82) is 0 Å². The first-order valence-electron chi connectivity index (χ1n) is 5.88. The van der Waals surface area contributed by atoms with Crippen LogP contribution in [0.5, 0.6) is 11.5 Å². The van der Waals surface area contributed by atoms with Gasteiger partial charge in [-0.05, 0) is 12.5 Å². The molecule has 19 heavy (non-hydrogen) atoms. The smallest absolute Gasteiger partial charge is 0.166 e. The highest BCUT2D eigenvalue weighted by Gasteiger charge is 2.30. The molecule has 0 aromatic heterocycles. The van der Waals surface area contributed by atoms with Gasteiger partial charge in [0.1, 0.15) is 6.10 Å². The van der Waals surface area contributed by atoms with Crippen molar-refractivity contribution in [3.8, 4) is 11.5 Å². The molecule has 1 aromatic carbocycles. The standard InChI is InChI=1S/C12H16ClNO4S/c1-17-11-5-9(13)4-8(6-14)12(11)18-10-2-3-19(15,16)7-10/h4-5,10H,2-3,6-7,14H2,1H3. The topological polar surface area (TPSA) is 78.6 Å². The molecule has 0 saturated carbocycles. The highest BCUT2D eigenvalue weighted by Crippen LogP contribution is 2.36. The minimum Gasteiger partial charge on any atom is -0.493 e. The molecule has 2 rings (SSSR count). The fourth-order valence-corrected chi connectivity index (χ4v) is 3.90. The lowest BCUT2D eigenvalue weighted by atomic mass is 10.1. The minimum absolute atomic E-state index is 0.0305. The van der Waals surface area contributed by atoms with E-state index in [2.05, 4.69) is 0 Å². The zero-order valence-corrected chi connectivity index (χ0v) is 12.1. The van der Waals surface area contributed by atoms with E-state index in [-0.39, 0.29) is 24.2 Å². The molecule has 0 radical (unpaired) electrons. The number of nitrogens with two attached hydrogens (primary N) is 1. The molecule has 7 heteroatoms. The molecule has 0 spiro atoms. The molecule has 1 fully saturated rings. The highest BCUT2D eigenvalue weighted by molar-refractivity contribution is 7.91. The van der Waals surface area contributed by atoms with E-state index in [0.29, 0.717) is 28.5 Å². The van der Waals surface area contributed by atoms with Crippen LogP contribution in [-0.2, 0) is 16.4 Å². The van der Waals surface area contributed by atoms with Crippen LogP contribution in [0, 0.1) is 0 Å². The number of methoxy groups -OCH3 is 1. The van der Waals surface area contributed by atoms with Crippen LogP contribution in [0.2, 0.25) is 5.02 Å². The van der Waals surface area contributed by atoms with Crippen LogP contribution in [-0.4, -0.2) is 33.1 Å². The number of rotatable bonds is 4. The lowest BCUT2D eigenvalue weighted by Gasteiger charge is -2.18. The lowest BCUT2D eigenvalue weighted by Crippen LogP contribution is -2.19. The fraction of sp³-hybridized carbons (Fsp3) is 0.500. The number of benzene rings is 1. The molecule has 0 amide bonds. The van der Waals surface area contributed by atoms with E-state index < -0.39 is 9.84 Å². The van der Waals surface area contributed by atoms with E-state index in [9.17, 15) is 8.42 Å². The van der Waals surface area contributed by atoms with Crippen LogP contribution in [0.4, 0.5) is 0 Å². The molecule has 1 unspecified atom stereocenters. The van der Waals surface area contributed by atoms with Crippen molar-refractivity contribution < 1.29 is 17.9 Å². The Kier molecular flexibility index (Phi) is 4.23. The first-order valence-corrected chi connectivity index (χ1v) is 8.08. The summed E-state index contributed by atoms with van der Waals surface area (Å²) in [5, 5.41) is 0.503. The molecule has 1 saturated heterocycles. The van der Waals surface area contributed by atoms with E-state index in [4.69, 9.17) is 26.8 Å². The summed E-state index contributed by atoms with van der Waals surface area (Å²) in [6.45, 7) is 0.242. The Labute approximate surface area is 117 Å². The predicted octanol–water partition coefficient (Wildman–Crippen LogP) is 1.37. The fourth-order valence-electron chi connectivity index (χ4n) is 2.08. The molecule has 1 atom stereocenters. The lowest BCUT2D eigenvalue weighted by molar-refractivity contribution is 0.216. The Bertz CT molecular complexity index is 548. The third-order valence-electron chi connectivity index (χ3n) is 3.01. The van der Waals surface area contributed by atoms with Crippen molar-refractivity contribution in [2.75, 3.05) is 18.6 Å². The number of ether oxygens (including phenoxy) is 2. The van der Waals surface area contributed by atoms with E-state index in [1.165, 1.54) is 7.11 Å². The van der Waals surface area contributed by atoms with Gasteiger partial charge in [-0.25, -0.2) is 8.42 Å². The molecule has 5 nitrogen and oxygen atoms in total. The van der Waals surface area contributed by atoms with Crippen molar-refractivity contribution in [2.24, 2.45) is 5.73 Å². The Hall–Kier alpha value is -0.980. The Morgan fingerprint density at radius 3 is 2.74 bits per heavy atom. The van der Waals surface area contributed by atoms with Crippen LogP contribution >= 0.6 is 11.6 Å². The summed E-state index contributed by atoms with van der Waals surface area (Å²) in [6.07, 6.45) is 0.128. The van der Waals surface area contributed by atoms with E-state index in [1.54, 1.807) is 12.1 Å². The van der Waals surface area contributed by atoms with Gasteiger partial charge in [-0.15, -0.1) is 0 Å². The Morgan fingerprint density at radius 1 is 1.47 bits per heavy atom. The maximum atomic E-state index is 11.4. The Balaban J connectivity index is 2.29. The van der Waals surface area contributed by atoms with Gasteiger partial charge in [0.05, 0.1) is 18.6 Å². The van der Waals surface area contributed by atoms with Gasteiger partial charge >= 0.3 is 0 Å². The van der Waals surface area contributed by atoms with Crippen LogP contribution in [0.15, 0.2) is 12.1 Å². The summed E-state index contributed by atoms with van der Waals surface area (Å²) in [4.78, 5) is 0. The van der Waals surface area contributed by atoms with E-state index >= 15 is 0 Å². The van der Waals surface area contributed by atoms with Crippen molar-refractivity contribution in [3.63, 3.8) is 0 Å². The second-order valence-corrected chi connectivity index (χ2v) is 7.11. The summed E-state index contributed by atoms with van der Waals surface area (Å²) in [5.74, 6) is 1.14. The molecule has 1 aliphatic heterocycles. The summed E-state index contributed by atoms with van der Waals surface area (Å²) in [7, 11) is -1.48. The second kappa shape index (κ2) is 5.56. The van der Waals surface area contributed by atoms with Gasteiger partial charge < -0.3 is 15.2 Å². The maximum absolute atomic E-state index is 11.4. The van der Waals surface area contributed by atoms with Gasteiger partial charge in [-0.2, -0.15) is 0 Å². The average Bonchev–Trinajstić information content (AvgIpc) is 2.70. The summed E-state index contributed by atoms with van der Waals surface area (Å²) >= 11 is 5.95. The SMILES string of the molecule is COc1cc(Cl)cc(CN)c1OC1CCS(=O)(=O)C1. The molecule has 0 aliphatic carbocycles. The van der Waals surface area contributed by atoms with Crippen molar-refractivity contribution >= 4 is 21.4 Å². The molecule has 0 bridgehead atoms. The number of sulfone groups is 1. The van der Waals surface area contributed by atoms with Gasteiger partial charge in [0.2, 0.25) is 0 Å². The monoisotopic (exact) mass is 305 g/mol. The number of halogens is 1. The average molecular weight is 306 g/mol. The molecule has 2 N–H and O–H groups in total. The number of hydrogen-bond acceptors (Lipinski definition) is 5. The molecule has 1 aromatic rings. The minimum atomic E-state index is -2.99. The van der Waals surface area contributed by atoms with Gasteiger partial charge in [0.25, 0.3) is 0 Å². The van der Waals surface area contributed by atoms with Crippen LogP contribution in [0.3, 0.4) is 0 Å².